The highest BCUT2D eigenvalue weighted by atomic mass is 19.1. The normalized spacial score (nSPS) is 13.7. The van der Waals surface area contributed by atoms with E-state index in [2.05, 4.69) is 17.0 Å². The molecule has 8 heteroatoms. The van der Waals surface area contributed by atoms with Crippen molar-refractivity contribution in [2.24, 2.45) is 0 Å². The average Bonchev–Trinajstić information content (AvgIpc) is 3.29. The number of fused-ring (bicyclic) bond motifs is 1. The van der Waals surface area contributed by atoms with Gasteiger partial charge in [-0.25, -0.2) is 19.0 Å². The molecule has 1 aliphatic rings. The van der Waals surface area contributed by atoms with Crippen LogP contribution in [0.25, 0.3) is 16.7 Å². The van der Waals surface area contributed by atoms with Crippen LogP contribution in [0.2, 0.25) is 0 Å². The fourth-order valence-electron chi connectivity index (χ4n) is 4.97. The van der Waals surface area contributed by atoms with Crippen LogP contribution in [0.4, 0.5) is 10.2 Å². The summed E-state index contributed by atoms with van der Waals surface area (Å²) in [5.74, 6) is 0.983. The van der Waals surface area contributed by atoms with E-state index in [-0.39, 0.29) is 5.91 Å². The highest BCUT2D eigenvalue weighted by molar-refractivity contribution is 5.95. The molecule has 7 nitrogen and oxygen atoms in total. The van der Waals surface area contributed by atoms with E-state index in [1.165, 1.54) is 12.1 Å². The highest BCUT2D eigenvalue weighted by Gasteiger charge is 2.27. The van der Waals surface area contributed by atoms with Crippen LogP contribution in [-0.2, 0) is 6.42 Å². The van der Waals surface area contributed by atoms with Gasteiger partial charge in [0.1, 0.15) is 17.5 Å². The number of aryl methyl sites for hydroxylation is 1. The molecule has 3 heterocycles. The van der Waals surface area contributed by atoms with Crippen molar-refractivity contribution in [1.29, 1.82) is 0 Å². The lowest BCUT2D eigenvalue weighted by molar-refractivity contribution is 0.0746. The minimum Gasteiger partial charge on any atom is -0.352 e. The molecule has 0 radical (unpaired) electrons. The number of piperazine rings is 1. The Kier molecular flexibility index (Phi) is 6.29. The number of carbonyl (C=O) groups is 1. The third kappa shape index (κ3) is 4.61. The minimum atomic E-state index is -0.408. The smallest absolute Gasteiger partial charge is 0.254 e. The third-order valence-electron chi connectivity index (χ3n) is 6.87. The van der Waals surface area contributed by atoms with E-state index in [4.69, 9.17) is 15.1 Å². The maximum atomic E-state index is 13.7. The van der Waals surface area contributed by atoms with Crippen LogP contribution in [0.15, 0.2) is 84.9 Å². The molecular weight excluding hydrogens is 479 g/mol. The molecule has 0 spiro atoms. The van der Waals surface area contributed by atoms with Crippen molar-refractivity contribution in [1.82, 2.24) is 24.6 Å². The number of anilines is 1. The first kappa shape index (κ1) is 23.8. The van der Waals surface area contributed by atoms with Crippen LogP contribution in [0.5, 0.6) is 0 Å². The molecule has 3 aromatic carbocycles. The number of hydrogen-bond donors (Lipinski definition) is 0. The summed E-state index contributed by atoms with van der Waals surface area (Å²) >= 11 is 0. The van der Waals surface area contributed by atoms with Gasteiger partial charge in [-0.1, -0.05) is 54.6 Å². The topological polar surface area (TPSA) is 67.2 Å². The molecular formula is C30H27FN6O. The first-order valence-electron chi connectivity index (χ1n) is 12.7. The van der Waals surface area contributed by atoms with E-state index in [1.807, 2.05) is 60.1 Å². The van der Waals surface area contributed by atoms with Gasteiger partial charge in [0.2, 0.25) is 0 Å². The van der Waals surface area contributed by atoms with Gasteiger partial charge in [0.15, 0.2) is 5.65 Å². The van der Waals surface area contributed by atoms with Crippen molar-refractivity contribution >= 4 is 22.8 Å². The maximum Gasteiger partial charge on any atom is 0.254 e. The van der Waals surface area contributed by atoms with Crippen LogP contribution in [0.3, 0.4) is 0 Å². The average molecular weight is 507 g/mol. The van der Waals surface area contributed by atoms with Gasteiger partial charge in [-0.15, -0.1) is 0 Å². The number of halogens is 1. The molecule has 38 heavy (non-hydrogen) atoms. The number of rotatable bonds is 5. The summed E-state index contributed by atoms with van der Waals surface area (Å²) < 4.78 is 15.6. The van der Waals surface area contributed by atoms with Crippen molar-refractivity contribution in [3.63, 3.8) is 0 Å². The number of nitrogens with zero attached hydrogens (tertiary/aromatic N) is 6. The Morgan fingerprint density at radius 1 is 0.868 bits per heavy atom. The molecule has 0 N–H and O–H groups in total. The van der Waals surface area contributed by atoms with Crippen LogP contribution in [0, 0.1) is 12.7 Å². The summed E-state index contributed by atoms with van der Waals surface area (Å²) in [6, 6.07) is 26.0. The third-order valence-corrected chi connectivity index (χ3v) is 6.87. The Morgan fingerprint density at radius 2 is 1.58 bits per heavy atom. The Hall–Kier alpha value is -4.59. The number of aromatic nitrogens is 4. The minimum absolute atomic E-state index is 0.158. The zero-order valence-electron chi connectivity index (χ0n) is 21.1. The van der Waals surface area contributed by atoms with Gasteiger partial charge < -0.3 is 9.80 Å². The van der Waals surface area contributed by atoms with Gasteiger partial charge in [0.05, 0.1) is 16.8 Å². The standard InChI is InChI=1S/C30H27FN6O/c1-21-27-28(35-15-17-36(18-16-35)30(38)23-11-8-12-24(31)20-23)32-26(19-22-9-4-2-5-10-22)33-29(27)37(34-21)25-13-6-3-7-14-25/h2-14,20H,15-19H2,1H3. The summed E-state index contributed by atoms with van der Waals surface area (Å²) in [7, 11) is 0. The summed E-state index contributed by atoms with van der Waals surface area (Å²) in [6.45, 7) is 4.22. The predicted molar refractivity (Wildman–Crippen MR) is 145 cm³/mol. The fourth-order valence-corrected chi connectivity index (χ4v) is 4.97. The van der Waals surface area contributed by atoms with E-state index in [1.54, 1.807) is 17.0 Å². The Balaban J connectivity index is 1.36. The SMILES string of the molecule is Cc1nn(-c2ccccc2)c2nc(Cc3ccccc3)nc(N3CCN(C(=O)c4cccc(F)c4)CC3)c12. The second-order valence-electron chi connectivity index (χ2n) is 9.45. The first-order valence-corrected chi connectivity index (χ1v) is 12.7. The quantitative estimate of drug-likeness (QED) is 0.342. The number of amides is 1. The Morgan fingerprint density at radius 3 is 2.29 bits per heavy atom. The van der Waals surface area contributed by atoms with Gasteiger partial charge >= 0.3 is 0 Å². The molecule has 1 amide bonds. The molecule has 5 aromatic rings. The van der Waals surface area contributed by atoms with Crippen molar-refractivity contribution in [3.8, 4) is 5.69 Å². The molecule has 0 atom stereocenters. The molecule has 0 unspecified atom stereocenters. The van der Waals surface area contributed by atoms with E-state index < -0.39 is 5.82 Å². The zero-order chi connectivity index (χ0) is 26.1. The van der Waals surface area contributed by atoms with E-state index in [0.29, 0.717) is 44.0 Å². The molecule has 6 rings (SSSR count). The molecule has 0 aliphatic carbocycles. The lowest BCUT2D eigenvalue weighted by atomic mass is 10.1. The van der Waals surface area contributed by atoms with E-state index >= 15 is 0 Å². The van der Waals surface area contributed by atoms with Crippen molar-refractivity contribution in [2.45, 2.75) is 13.3 Å². The highest BCUT2D eigenvalue weighted by Crippen LogP contribution is 2.30. The van der Waals surface area contributed by atoms with Crippen LogP contribution < -0.4 is 4.90 Å². The lowest BCUT2D eigenvalue weighted by Gasteiger charge is -2.35. The lowest BCUT2D eigenvalue weighted by Crippen LogP contribution is -2.49. The molecule has 1 fully saturated rings. The molecule has 1 saturated heterocycles. The molecule has 0 bridgehead atoms. The number of para-hydroxylation sites is 1. The van der Waals surface area contributed by atoms with E-state index in [9.17, 15) is 9.18 Å². The monoisotopic (exact) mass is 506 g/mol. The summed E-state index contributed by atoms with van der Waals surface area (Å²) in [5, 5.41) is 5.75. The molecule has 1 aliphatic heterocycles. The van der Waals surface area contributed by atoms with Crippen LogP contribution in [-0.4, -0.2) is 56.7 Å². The second kappa shape index (κ2) is 10.0. The first-order chi connectivity index (χ1) is 18.6. The Labute approximate surface area is 220 Å². The summed E-state index contributed by atoms with van der Waals surface area (Å²) in [5.41, 5.74) is 4.05. The van der Waals surface area contributed by atoms with Crippen molar-refractivity contribution in [3.05, 3.63) is 113 Å². The number of hydrogen-bond acceptors (Lipinski definition) is 5. The van der Waals surface area contributed by atoms with Gasteiger partial charge in [-0.05, 0) is 42.8 Å². The van der Waals surface area contributed by atoms with Crippen molar-refractivity contribution in [2.75, 3.05) is 31.1 Å². The molecule has 190 valence electrons. The summed E-state index contributed by atoms with van der Waals surface area (Å²) in [6.07, 6.45) is 0.598. The zero-order valence-corrected chi connectivity index (χ0v) is 21.1. The number of benzene rings is 3. The van der Waals surface area contributed by atoms with Crippen LogP contribution in [0.1, 0.15) is 27.4 Å². The second-order valence-corrected chi connectivity index (χ2v) is 9.45. The predicted octanol–water partition coefficient (Wildman–Crippen LogP) is 4.82. The van der Waals surface area contributed by atoms with Gasteiger partial charge in [-0.2, -0.15) is 5.10 Å². The van der Waals surface area contributed by atoms with E-state index in [0.717, 1.165) is 33.8 Å². The maximum absolute atomic E-state index is 13.7. The van der Waals surface area contributed by atoms with Gasteiger partial charge in [0.25, 0.3) is 5.91 Å². The Bertz CT molecular complexity index is 1590. The largest absolute Gasteiger partial charge is 0.352 e. The number of carbonyl (C=O) groups excluding carboxylic acids is 1. The fraction of sp³-hybridized carbons (Fsp3) is 0.200. The van der Waals surface area contributed by atoms with Gasteiger partial charge in [-0.3, -0.25) is 4.79 Å². The summed E-state index contributed by atoms with van der Waals surface area (Å²) in [4.78, 5) is 27.0. The van der Waals surface area contributed by atoms with Crippen molar-refractivity contribution < 1.29 is 9.18 Å². The van der Waals surface area contributed by atoms with Crippen LogP contribution >= 0.6 is 0 Å². The van der Waals surface area contributed by atoms with Gasteiger partial charge in [0, 0.05) is 38.2 Å². The molecule has 0 saturated carbocycles. The molecule has 2 aromatic heterocycles.